The van der Waals surface area contributed by atoms with E-state index in [0.717, 1.165) is 12.8 Å². The van der Waals surface area contributed by atoms with Crippen LogP contribution in [0.2, 0.25) is 0 Å². The summed E-state index contributed by atoms with van der Waals surface area (Å²) in [6.07, 6.45) is 2.13. The summed E-state index contributed by atoms with van der Waals surface area (Å²) in [5.74, 6) is 0.333. The molecule has 1 unspecified atom stereocenters. The van der Waals surface area contributed by atoms with Crippen LogP contribution in [0.25, 0.3) is 0 Å². The van der Waals surface area contributed by atoms with Crippen LogP contribution in [0.1, 0.15) is 105 Å². The van der Waals surface area contributed by atoms with Gasteiger partial charge < -0.3 is 9.84 Å². The van der Waals surface area contributed by atoms with Crippen molar-refractivity contribution in [2.24, 2.45) is 22.2 Å². The molecule has 5 nitrogen and oxygen atoms in total. The largest absolute Gasteiger partial charge is 0.504 e. The summed E-state index contributed by atoms with van der Waals surface area (Å²) >= 11 is 0. The molecular formula is C26H46O5S. The Morgan fingerprint density at radius 2 is 1.50 bits per heavy atom. The normalized spacial score (nSPS) is 14.7. The van der Waals surface area contributed by atoms with E-state index >= 15 is 0 Å². The van der Waals surface area contributed by atoms with Gasteiger partial charge in [0.15, 0.2) is 11.5 Å². The van der Waals surface area contributed by atoms with E-state index in [0.29, 0.717) is 23.5 Å². The van der Waals surface area contributed by atoms with E-state index in [4.69, 9.17) is 4.74 Å². The Kier molecular flexibility index (Phi) is 8.57. The second kappa shape index (κ2) is 9.54. The molecule has 1 atom stereocenters. The number of phenols is 1. The third kappa shape index (κ3) is 6.19. The van der Waals surface area contributed by atoms with Crippen molar-refractivity contribution >= 4 is 10.1 Å². The highest BCUT2D eigenvalue weighted by molar-refractivity contribution is 7.86. The third-order valence-corrected chi connectivity index (χ3v) is 7.41. The first-order valence-electron chi connectivity index (χ1n) is 11.6. The van der Waals surface area contributed by atoms with Gasteiger partial charge in [0.2, 0.25) is 0 Å². The van der Waals surface area contributed by atoms with Crippen molar-refractivity contribution in [1.82, 2.24) is 0 Å². The molecule has 0 saturated heterocycles. The van der Waals surface area contributed by atoms with Gasteiger partial charge in [-0.15, -0.1) is 0 Å². The molecule has 0 bridgehead atoms. The zero-order valence-electron chi connectivity index (χ0n) is 22.3. The fourth-order valence-corrected chi connectivity index (χ4v) is 7.68. The van der Waals surface area contributed by atoms with Gasteiger partial charge in [-0.05, 0) is 59.8 Å². The Hall–Kier alpha value is -1.27. The highest BCUT2D eigenvalue weighted by Crippen LogP contribution is 2.59. The van der Waals surface area contributed by atoms with Gasteiger partial charge in [0, 0.05) is 11.1 Å². The molecular weight excluding hydrogens is 424 g/mol. The van der Waals surface area contributed by atoms with Crippen molar-refractivity contribution in [3.63, 3.8) is 0 Å². The van der Waals surface area contributed by atoms with Crippen LogP contribution in [-0.2, 0) is 16.5 Å². The summed E-state index contributed by atoms with van der Waals surface area (Å²) in [5.41, 5.74) is 0.783. The number of hydrogen-bond donors (Lipinski definition) is 2. The van der Waals surface area contributed by atoms with E-state index in [-0.39, 0.29) is 44.1 Å². The molecule has 0 amide bonds. The van der Waals surface area contributed by atoms with Gasteiger partial charge in [0.1, 0.15) is 4.90 Å². The zero-order chi connectivity index (χ0) is 25.4. The monoisotopic (exact) mass is 470 g/mol. The van der Waals surface area contributed by atoms with Gasteiger partial charge in [0.05, 0.1) is 7.11 Å². The molecule has 0 heterocycles. The lowest BCUT2D eigenvalue weighted by molar-refractivity contribution is 0.0762. The number of phenolic OH excluding ortho intramolecular Hbond substituents is 1. The smallest absolute Gasteiger partial charge is 0.295 e. The number of benzene rings is 1. The summed E-state index contributed by atoms with van der Waals surface area (Å²) in [7, 11) is -3.11. The molecule has 186 valence electrons. The molecule has 0 radical (unpaired) electrons. The van der Waals surface area contributed by atoms with Crippen molar-refractivity contribution in [2.45, 2.75) is 106 Å². The minimum Gasteiger partial charge on any atom is -0.504 e. The fraction of sp³-hybridized carbons (Fsp3) is 0.769. The Labute approximate surface area is 196 Å². The SMILES string of the molecule is CCc1c(C(C(C)(C)CC(C)C)C(C)(C)CC(C)(C)C)c(O)c(OC)c(C)c1S(=O)(=O)O. The van der Waals surface area contributed by atoms with Crippen molar-refractivity contribution in [2.75, 3.05) is 7.11 Å². The van der Waals surface area contributed by atoms with E-state index in [1.165, 1.54) is 7.11 Å². The molecule has 1 rings (SSSR count). The van der Waals surface area contributed by atoms with Gasteiger partial charge in [-0.3, -0.25) is 4.55 Å². The van der Waals surface area contributed by atoms with Crippen molar-refractivity contribution < 1.29 is 22.8 Å². The number of rotatable bonds is 9. The molecule has 6 heteroatoms. The third-order valence-electron chi connectivity index (χ3n) is 6.34. The van der Waals surface area contributed by atoms with Crippen LogP contribution in [0.5, 0.6) is 11.5 Å². The molecule has 0 saturated carbocycles. The summed E-state index contributed by atoms with van der Waals surface area (Å²) in [6, 6.07) is 0. The van der Waals surface area contributed by atoms with Crippen molar-refractivity contribution in [3.8, 4) is 11.5 Å². The topological polar surface area (TPSA) is 83.8 Å². The molecule has 1 aromatic carbocycles. The fourth-order valence-electron chi connectivity index (χ4n) is 6.63. The number of ether oxygens (including phenoxy) is 1. The predicted molar refractivity (Wildman–Crippen MR) is 132 cm³/mol. The lowest BCUT2D eigenvalue weighted by atomic mass is 9.55. The van der Waals surface area contributed by atoms with Gasteiger partial charge in [-0.25, -0.2) is 0 Å². The van der Waals surface area contributed by atoms with Gasteiger partial charge in [-0.1, -0.05) is 69.2 Å². The van der Waals surface area contributed by atoms with Crippen LogP contribution in [0.15, 0.2) is 4.90 Å². The Morgan fingerprint density at radius 3 is 1.84 bits per heavy atom. The van der Waals surface area contributed by atoms with Crippen LogP contribution in [-0.4, -0.2) is 25.2 Å². The molecule has 0 aliphatic rings. The summed E-state index contributed by atoms with van der Waals surface area (Å²) < 4.78 is 40.7. The summed E-state index contributed by atoms with van der Waals surface area (Å²) in [4.78, 5) is -0.137. The minimum atomic E-state index is -4.52. The Balaban J connectivity index is 4.24. The second-order valence-corrected chi connectivity index (χ2v) is 13.7. The molecule has 1 aromatic rings. The average Bonchev–Trinajstić information content (AvgIpc) is 2.51. The standard InChI is InChI=1S/C26H46O5S/c1-13-18-19(20(27)21(31-12)17(4)22(18)32(28,29)30)23(25(8,9)14-16(2)3)26(10,11)15-24(5,6)7/h16,23,27H,13-15H2,1-12H3,(H,28,29,30). The lowest BCUT2D eigenvalue weighted by Gasteiger charge is -2.49. The summed E-state index contributed by atoms with van der Waals surface area (Å²) in [5, 5.41) is 11.5. The molecule has 0 aliphatic carbocycles. The second-order valence-electron chi connectivity index (χ2n) is 12.3. The number of methoxy groups -OCH3 is 1. The Bertz CT molecular complexity index is 919. The minimum absolute atomic E-state index is 0.0157. The highest BCUT2D eigenvalue weighted by Gasteiger charge is 2.47. The van der Waals surface area contributed by atoms with E-state index in [2.05, 4.69) is 62.3 Å². The predicted octanol–water partition coefficient (Wildman–Crippen LogP) is 7.14. The molecule has 0 fully saturated rings. The zero-order valence-corrected chi connectivity index (χ0v) is 23.1. The molecule has 0 spiro atoms. The molecule has 32 heavy (non-hydrogen) atoms. The van der Waals surface area contributed by atoms with E-state index in [1.807, 2.05) is 6.92 Å². The van der Waals surface area contributed by atoms with Crippen LogP contribution in [0, 0.1) is 29.1 Å². The first-order chi connectivity index (χ1) is 14.2. The lowest BCUT2D eigenvalue weighted by Crippen LogP contribution is -2.38. The van der Waals surface area contributed by atoms with Gasteiger partial charge in [0.25, 0.3) is 10.1 Å². The van der Waals surface area contributed by atoms with Crippen LogP contribution in [0.4, 0.5) is 0 Å². The van der Waals surface area contributed by atoms with Crippen molar-refractivity contribution in [3.05, 3.63) is 16.7 Å². The number of hydrogen-bond acceptors (Lipinski definition) is 4. The van der Waals surface area contributed by atoms with E-state index in [9.17, 15) is 18.1 Å². The first-order valence-corrected chi connectivity index (χ1v) is 13.0. The number of aromatic hydroxyl groups is 1. The van der Waals surface area contributed by atoms with Gasteiger partial charge in [-0.2, -0.15) is 8.42 Å². The molecule has 0 aromatic heterocycles. The maximum Gasteiger partial charge on any atom is 0.295 e. The van der Waals surface area contributed by atoms with E-state index in [1.54, 1.807) is 6.92 Å². The maximum atomic E-state index is 12.5. The van der Waals surface area contributed by atoms with E-state index < -0.39 is 10.1 Å². The van der Waals surface area contributed by atoms with Crippen molar-refractivity contribution in [1.29, 1.82) is 0 Å². The van der Waals surface area contributed by atoms with Gasteiger partial charge >= 0.3 is 0 Å². The Morgan fingerprint density at radius 1 is 1.00 bits per heavy atom. The van der Waals surface area contributed by atoms with Crippen LogP contribution >= 0.6 is 0 Å². The maximum absolute atomic E-state index is 12.5. The highest BCUT2D eigenvalue weighted by atomic mass is 32.2. The molecule has 0 aliphatic heterocycles. The summed E-state index contributed by atoms with van der Waals surface area (Å²) in [6.45, 7) is 23.2. The van der Waals surface area contributed by atoms with Crippen LogP contribution < -0.4 is 4.74 Å². The first kappa shape index (κ1) is 28.8. The quantitative estimate of drug-likeness (QED) is 0.375. The average molecular weight is 471 g/mol. The molecule has 2 N–H and O–H groups in total. The van der Waals surface area contributed by atoms with Crippen LogP contribution in [0.3, 0.4) is 0 Å².